The first-order chi connectivity index (χ1) is 21.8. The molecule has 2 unspecified atom stereocenters. The van der Waals surface area contributed by atoms with E-state index in [1.807, 2.05) is 0 Å². The van der Waals surface area contributed by atoms with Gasteiger partial charge in [-0.3, -0.25) is 0 Å². The van der Waals surface area contributed by atoms with Crippen LogP contribution in [0.4, 0.5) is 0 Å². The van der Waals surface area contributed by atoms with Crippen molar-refractivity contribution in [2.45, 2.75) is 245 Å². The Morgan fingerprint density at radius 1 is 0.341 bits per heavy atom. The molecule has 0 aliphatic carbocycles. The molecule has 0 amide bonds. The zero-order valence-electron chi connectivity index (χ0n) is 31.2. The molecule has 0 saturated carbocycles. The van der Waals surface area contributed by atoms with Crippen molar-refractivity contribution in [2.75, 3.05) is 0 Å². The Bertz CT molecular complexity index is 532. The quantitative estimate of drug-likeness (QED) is 0.0477. The molecule has 0 aromatic carbocycles. The van der Waals surface area contributed by atoms with Crippen molar-refractivity contribution < 1.29 is 0 Å². The standard InChI is InChI=1S/C44H86/c1-5-9-12-15-16-17-18-19-20-21-22-23-24-25-26-27-28-29-31-34-38-43(8-4)39-36-32-37-42-44(40-33-14-11-7-3)41-35-30-13-10-6-2/h7-8,43-44H,3-6,9-42H2,1-2H3. The van der Waals surface area contributed by atoms with E-state index in [1.165, 1.54) is 231 Å². The maximum atomic E-state index is 4.19. The van der Waals surface area contributed by atoms with Crippen LogP contribution in [-0.2, 0) is 0 Å². The maximum absolute atomic E-state index is 4.19. The summed E-state index contributed by atoms with van der Waals surface area (Å²) in [5, 5.41) is 0. The molecule has 2 atom stereocenters. The fraction of sp³-hybridized carbons (Fsp3) is 0.909. The summed E-state index contributed by atoms with van der Waals surface area (Å²) in [6.45, 7) is 12.7. The lowest BCUT2D eigenvalue weighted by Gasteiger charge is -2.17. The fourth-order valence-corrected chi connectivity index (χ4v) is 7.25. The van der Waals surface area contributed by atoms with Gasteiger partial charge in [-0.15, -0.1) is 13.2 Å². The van der Waals surface area contributed by atoms with Gasteiger partial charge in [-0.2, -0.15) is 0 Å². The van der Waals surface area contributed by atoms with Gasteiger partial charge >= 0.3 is 0 Å². The zero-order valence-corrected chi connectivity index (χ0v) is 31.2. The van der Waals surface area contributed by atoms with Crippen LogP contribution in [-0.4, -0.2) is 0 Å². The zero-order chi connectivity index (χ0) is 32.0. The topological polar surface area (TPSA) is 0 Å². The SMILES string of the molecule is C=CCCCCC(CCCCCCC)CCCCCC(C=C)CCCCCCCCCCCCCCCCCCCCCC. The Balaban J connectivity index is 3.58. The molecular weight excluding hydrogens is 528 g/mol. The molecule has 0 fully saturated rings. The summed E-state index contributed by atoms with van der Waals surface area (Å²) in [4.78, 5) is 0. The summed E-state index contributed by atoms with van der Waals surface area (Å²) in [5.74, 6) is 1.74. The van der Waals surface area contributed by atoms with Crippen LogP contribution in [0.3, 0.4) is 0 Å². The fourth-order valence-electron chi connectivity index (χ4n) is 7.25. The summed E-state index contributed by atoms with van der Waals surface area (Å²) in [5.41, 5.74) is 0. The van der Waals surface area contributed by atoms with E-state index in [0.717, 1.165) is 11.8 Å². The van der Waals surface area contributed by atoms with Crippen molar-refractivity contribution >= 4 is 0 Å². The minimum atomic E-state index is 0.763. The molecule has 0 N–H and O–H groups in total. The smallest absolute Gasteiger partial charge is 0.0236 e. The van der Waals surface area contributed by atoms with Crippen LogP contribution < -0.4 is 0 Å². The summed E-state index contributed by atoms with van der Waals surface area (Å²) in [7, 11) is 0. The molecule has 44 heavy (non-hydrogen) atoms. The molecular formula is C44H86. The second-order valence-electron chi connectivity index (χ2n) is 14.8. The predicted octanol–water partition coefficient (Wildman–Crippen LogP) is 16.7. The van der Waals surface area contributed by atoms with Gasteiger partial charge in [0.25, 0.3) is 0 Å². The van der Waals surface area contributed by atoms with E-state index in [9.17, 15) is 0 Å². The van der Waals surface area contributed by atoms with Gasteiger partial charge in [0.05, 0.1) is 0 Å². The van der Waals surface area contributed by atoms with Gasteiger partial charge in [-0.1, -0.05) is 231 Å². The highest BCUT2D eigenvalue weighted by Crippen LogP contribution is 2.25. The summed E-state index contributed by atoms with van der Waals surface area (Å²) in [6.07, 6.45) is 56.2. The predicted molar refractivity (Wildman–Crippen MR) is 205 cm³/mol. The molecule has 0 nitrogen and oxygen atoms in total. The molecule has 0 spiro atoms. The molecule has 0 saturated heterocycles. The van der Waals surface area contributed by atoms with Crippen molar-refractivity contribution in [1.82, 2.24) is 0 Å². The summed E-state index contributed by atoms with van der Waals surface area (Å²) >= 11 is 0. The third kappa shape index (κ3) is 34.4. The van der Waals surface area contributed by atoms with E-state index < -0.39 is 0 Å². The first-order valence-electron chi connectivity index (χ1n) is 21.0. The molecule has 0 heteroatoms. The Kier molecular flexibility index (Phi) is 38.2. The highest BCUT2D eigenvalue weighted by Gasteiger charge is 2.10. The minimum absolute atomic E-state index is 0.763. The van der Waals surface area contributed by atoms with Gasteiger partial charge in [0.1, 0.15) is 0 Å². The van der Waals surface area contributed by atoms with Crippen molar-refractivity contribution in [3.63, 3.8) is 0 Å². The molecule has 0 aromatic heterocycles. The van der Waals surface area contributed by atoms with Crippen LogP contribution >= 0.6 is 0 Å². The van der Waals surface area contributed by atoms with Crippen LogP contribution in [0.25, 0.3) is 0 Å². The molecule has 0 heterocycles. The molecule has 0 rings (SSSR count). The van der Waals surface area contributed by atoms with E-state index in [1.54, 1.807) is 0 Å². The normalized spacial score (nSPS) is 12.9. The number of unbranched alkanes of at least 4 members (excludes halogenated alkanes) is 27. The molecule has 262 valence electrons. The summed E-state index contributed by atoms with van der Waals surface area (Å²) in [6, 6.07) is 0. The average Bonchev–Trinajstić information content (AvgIpc) is 3.04. The van der Waals surface area contributed by atoms with Gasteiger partial charge in [0.2, 0.25) is 0 Å². The second kappa shape index (κ2) is 38.7. The highest BCUT2D eigenvalue weighted by molar-refractivity contribution is 4.79. The minimum Gasteiger partial charge on any atom is -0.103 e. The Labute approximate surface area is 281 Å². The third-order valence-corrected chi connectivity index (χ3v) is 10.4. The van der Waals surface area contributed by atoms with Gasteiger partial charge in [0, 0.05) is 0 Å². The number of rotatable bonds is 39. The lowest BCUT2D eigenvalue weighted by atomic mass is 9.89. The van der Waals surface area contributed by atoms with Gasteiger partial charge in [-0.25, -0.2) is 0 Å². The number of hydrogen-bond donors (Lipinski definition) is 0. The van der Waals surface area contributed by atoms with Crippen LogP contribution in [0.2, 0.25) is 0 Å². The van der Waals surface area contributed by atoms with E-state index in [4.69, 9.17) is 0 Å². The Hall–Kier alpha value is -0.520. The first kappa shape index (κ1) is 43.5. The monoisotopic (exact) mass is 615 g/mol. The van der Waals surface area contributed by atoms with E-state index in [2.05, 4.69) is 39.2 Å². The van der Waals surface area contributed by atoms with Crippen LogP contribution in [0.1, 0.15) is 245 Å². The third-order valence-electron chi connectivity index (χ3n) is 10.4. The molecule has 0 aliphatic heterocycles. The molecule has 0 aromatic rings. The van der Waals surface area contributed by atoms with Crippen molar-refractivity contribution in [3.05, 3.63) is 25.3 Å². The number of hydrogen-bond acceptors (Lipinski definition) is 0. The first-order valence-corrected chi connectivity index (χ1v) is 21.0. The maximum Gasteiger partial charge on any atom is -0.0236 e. The van der Waals surface area contributed by atoms with Gasteiger partial charge in [0.15, 0.2) is 0 Å². The lowest BCUT2D eigenvalue weighted by molar-refractivity contribution is 0.366. The van der Waals surface area contributed by atoms with Crippen LogP contribution in [0.15, 0.2) is 25.3 Å². The highest BCUT2D eigenvalue weighted by atomic mass is 14.2. The van der Waals surface area contributed by atoms with Crippen LogP contribution in [0, 0.1) is 11.8 Å². The van der Waals surface area contributed by atoms with Crippen molar-refractivity contribution in [3.8, 4) is 0 Å². The van der Waals surface area contributed by atoms with Gasteiger partial charge < -0.3 is 0 Å². The van der Waals surface area contributed by atoms with Crippen molar-refractivity contribution in [2.24, 2.45) is 11.8 Å². The van der Waals surface area contributed by atoms with E-state index >= 15 is 0 Å². The van der Waals surface area contributed by atoms with Gasteiger partial charge in [-0.05, 0) is 37.5 Å². The van der Waals surface area contributed by atoms with Crippen LogP contribution in [0.5, 0.6) is 0 Å². The molecule has 0 radical (unpaired) electrons. The Morgan fingerprint density at radius 3 is 0.932 bits per heavy atom. The van der Waals surface area contributed by atoms with E-state index in [-0.39, 0.29) is 0 Å². The van der Waals surface area contributed by atoms with Crippen molar-refractivity contribution in [1.29, 1.82) is 0 Å². The molecule has 0 aliphatic rings. The Morgan fingerprint density at radius 2 is 0.614 bits per heavy atom. The molecule has 0 bridgehead atoms. The van der Waals surface area contributed by atoms with E-state index in [0.29, 0.717) is 0 Å². The largest absolute Gasteiger partial charge is 0.103 e. The summed E-state index contributed by atoms with van der Waals surface area (Å²) < 4.78 is 0. The average molecular weight is 615 g/mol. The second-order valence-corrected chi connectivity index (χ2v) is 14.8. The number of allylic oxidation sites excluding steroid dienone is 2. The lowest BCUT2D eigenvalue weighted by Crippen LogP contribution is -2.02.